The summed E-state index contributed by atoms with van der Waals surface area (Å²) in [6, 6.07) is 8.21. The standard InChI is InChI=1S/C29H40ClN5O3/c1-19-17-25(36)27-26(19)28(33-18-32-27)34-13-15-35(16-14-34)29(37)24(20-3-5-21(30)6-4-20)11-12-31-22-7-9-23(38-2)10-8-22/h3-6,18-19,22-25,31,36H,7-17H2,1-2H3/t19-,22?,23?,24-,25-/m1/s1. The summed E-state index contributed by atoms with van der Waals surface area (Å²) >= 11 is 6.16. The van der Waals surface area contributed by atoms with Gasteiger partial charge < -0.3 is 25.0 Å². The number of hydrogen-bond acceptors (Lipinski definition) is 7. The quantitative estimate of drug-likeness (QED) is 0.521. The Hall–Kier alpha value is -2.26. The number of methoxy groups -OCH3 is 1. The Morgan fingerprint density at radius 2 is 1.84 bits per heavy atom. The van der Waals surface area contributed by atoms with Gasteiger partial charge in [-0.25, -0.2) is 9.97 Å². The molecule has 1 aromatic carbocycles. The minimum Gasteiger partial charge on any atom is -0.387 e. The zero-order chi connectivity index (χ0) is 26.6. The van der Waals surface area contributed by atoms with E-state index in [1.807, 2.05) is 29.2 Å². The number of anilines is 1. The lowest BCUT2D eigenvalue weighted by Gasteiger charge is -2.38. The summed E-state index contributed by atoms with van der Waals surface area (Å²) in [5.74, 6) is 1.10. The van der Waals surface area contributed by atoms with E-state index < -0.39 is 6.10 Å². The second-order valence-electron chi connectivity index (χ2n) is 11.0. The molecule has 38 heavy (non-hydrogen) atoms. The highest BCUT2D eigenvalue weighted by Gasteiger charge is 2.35. The van der Waals surface area contributed by atoms with Gasteiger partial charge >= 0.3 is 0 Å². The highest BCUT2D eigenvalue weighted by atomic mass is 35.5. The minimum atomic E-state index is -0.520. The van der Waals surface area contributed by atoms with Crippen molar-refractivity contribution in [1.29, 1.82) is 0 Å². The molecule has 0 bridgehead atoms. The molecule has 206 valence electrons. The van der Waals surface area contributed by atoms with Crippen molar-refractivity contribution in [2.24, 2.45) is 0 Å². The van der Waals surface area contributed by atoms with Crippen molar-refractivity contribution >= 4 is 23.3 Å². The zero-order valence-electron chi connectivity index (χ0n) is 22.5. The van der Waals surface area contributed by atoms with Gasteiger partial charge in [-0.1, -0.05) is 30.7 Å². The molecule has 0 radical (unpaired) electrons. The molecule has 0 unspecified atom stereocenters. The second kappa shape index (κ2) is 12.3. The zero-order valence-corrected chi connectivity index (χ0v) is 23.2. The normalized spacial score (nSPS) is 26.3. The van der Waals surface area contributed by atoms with Crippen LogP contribution in [0.4, 0.5) is 5.82 Å². The van der Waals surface area contributed by atoms with Crippen molar-refractivity contribution in [2.45, 2.75) is 75.5 Å². The van der Waals surface area contributed by atoms with Gasteiger partial charge in [0.15, 0.2) is 0 Å². The summed E-state index contributed by atoms with van der Waals surface area (Å²) in [4.78, 5) is 27.0. The maximum absolute atomic E-state index is 13.8. The number of rotatable bonds is 8. The van der Waals surface area contributed by atoms with Gasteiger partial charge in [-0.2, -0.15) is 0 Å². The average molecular weight is 542 g/mol. The molecule has 2 aromatic rings. The number of carbonyl (C=O) groups is 1. The first-order valence-corrected chi connectivity index (χ1v) is 14.4. The molecule has 2 N–H and O–H groups in total. The molecule has 9 heteroatoms. The van der Waals surface area contributed by atoms with Crippen LogP contribution in [0.1, 0.15) is 80.2 Å². The summed E-state index contributed by atoms with van der Waals surface area (Å²) in [5, 5.41) is 14.8. The van der Waals surface area contributed by atoms with E-state index in [4.69, 9.17) is 16.3 Å². The van der Waals surface area contributed by atoms with Crippen LogP contribution in [-0.2, 0) is 9.53 Å². The molecule has 3 aliphatic rings. The molecule has 2 heterocycles. The molecular weight excluding hydrogens is 502 g/mol. The van der Waals surface area contributed by atoms with E-state index in [0.717, 1.165) is 61.3 Å². The first-order valence-electron chi connectivity index (χ1n) is 14.0. The number of aliphatic hydroxyl groups excluding tert-OH is 1. The average Bonchev–Trinajstić information content (AvgIpc) is 3.25. The summed E-state index contributed by atoms with van der Waals surface area (Å²) in [6.07, 6.45) is 7.25. The third kappa shape index (κ3) is 5.98. The van der Waals surface area contributed by atoms with Crippen molar-refractivity contribution in [2.75, 3.05) is 44.7 Å². The molecule has 1 aliphatic heterocycles. The number of aliphatic hydroxyl groups is 1. The van der Waals surface area contributed by atoms with Gasteiger partial charge in [0.2, 0.25) is 5.91 Å². The molecule has 1 saturated carbocycles. The topological polar surface area (TPSA) is 90.8 Å². The lowest BCUT2D eigenvalue weighted by atomic mass is 9.91. The predicted octanol–water partition coefficient (Wildman–Crippen LogP) is 4.04. The van der Waals surface area contributed by atoms with Crippen molar-refractivity contribution in [3.8, 4) is 0 Å². The predicted molar refractivity (Wildman–Crippen MR) is 149 cm³/mol. The number of aromatic nitrogens is 2. The highest BCUT2D eigenvalue weighted by molar-refractivity contribution is 6.30. The molecule has 1 amide bonds. The summed E-state index contributed by atoms with van der Waals surface area (Å²) in [6.45, 7) is 5.64. The molecule has 3 atom stereocenters. The first kappa shape index (κ1) is 27.3. The van der Waals surface area contributed by atoms with E-state index >= 15 is 0 Å². The second-order valence-corrected chi connectivity index (χ2v) is 11.5. The Balaban J connectivity index is 1.22. The van der Waals surface area contributed by atoms with Crippen LogP contribution < -0.4 is 10.2 Å². The van der Waals surface area contributed by atoms with Gasteiger partial charge in [-0.05, 0) is 68.7 Å². The number of carbonyl (C=O) groups excluding carboxylic acids is 1. The fraction of sp³-hybridized carbons (Fsp3) is 0.621. The van der Waals surface area contributed by atoms with Gasteiger partial charge in [-0.15, -0.1) is 0 Å². The van der Waals surface area contributed by atoms with Crippen LogP contribution in [0.25, 0.3) is 0 Å². The van der Waals surface area contributed by atoms with E-state index in [0.29, 0.717) is 49.8 Å². The molecule has 0 spiro atoms. The van der Waals surface area contributed by atoms with Gasteiger partial charge in [-0.3, -0.25) is 4.79 Å². The lowest BCUT2D eigenvalue weighted by molar-refractivity contribution is -0.133. The SMILES string of the molecule is COC1CCC(NCC[C@@H](C(=O)N2CCN(c3ncnc4c3[C@H](C)C[C@H]4O)CC2)c2ccc(Cl)cc2)CC1. The van der Waals surface area contributed by atoms with E-state index in [2.05, 4.69) is 27.1 Å². The molecule has 8 nitrogen and oxygen atoms in total. The number of fused-ring (bicyclic) bond motifs is 1. The Labute approximate surface area is 230 Å². The van der Waals surface area contributed by atoms with Crippen LogP contribution in [0, 0.1) is 0 Å². The third-order valence-electron chi connectivity index (χ3n) is 8.61. The van der Waals surface area contributed by atoms with Crippen LogP contribution >= 0.6 is 11.6 Å². The Morgan fingerprint density at radius 3 is 2.53 bits per heavy atom. The maximum Gasteiger partial charge on any atom is 0.230 e. The van der Waals surface area contributed by atoms with E-state index in [1.165, 1.54) is 0 Å². The van der Waals surface area contributed by atoms with Gasteiger partial charge in [0, 0.05) is 49.9 Å². The number of halogens is 1. The van der Waals surface area contributed by atoms with Crippen LogP contribution in [0.5, 0.6) is 0 Å². The molecule has 5 rings (SSSR count). The number of piperazine rings is 1. The summed E-state index contributed by atoms with van der Waals surface area (Å²) in [5.41, 5.74) is 2.83. The van der Waals surface area contributed by atoms with Crippen LogP contribution in [0.3, 0.4) is 0 Å². The Morgan fingerprint density at radius 1 is 1.13 bits per heavy atom. The van der Waals surface area contributed by atoms with E-state index in [-0.39, 0.29) is 17.7 Å². The fourth-order valence-corrected chi connectivity index (χ4v) is 6.50. The van der Waals surface area contributed by atoms with Crippen molar-refractivity contribution in [3.05, 3.63) is 52.4 Å². The maximum atomic E-state index is 13.8. The molecule has 1 aromatic heterocycles. The van der Waals surface area contributed by atoms with Crippen molar-refractivity contribution < 1.29 is 14.6 Å². The number of nitrogens with one attached hydrogen (secondary N) is 1. The molecule has 2 aliphatic carbocycles. The smallest absolute Gasteiger partial charge is 0.230 e. The number of hydrogen-bond donors (Lipinski definition) is 2. The monoisotopic (exact) mass is 541 g/mol. The van der Waals surface area contributed by atoms with Crippen LogP contribution in [-0.4, -0.2) is 77.9 Å². The van der Waals surface area contributed by atoms with Crippen LogP contribution in [0.15, 0.2) is 30.6 Å². The number of nitrogens with zero attached hydrogens (tertiary/aromatic N) is 4. The van der Waals surface area contributed by atoms with E-state index in [9.17, 15) is 9.90 Å². The molecular formula is C29H40ClN5O3. The fourth-order valence-electron chi connectivity index (χ4n) is 6.38. The van der Waals surface area contributed by atoms with E-state index in [1.54, 1.807) is 13.4 Å². The summed E-state index contributed by atoms with van der Waals surface area (Å²) < 4.78 is 5.51. The Kier molecular flexibility index (Phi) is 8.83. The lowest BCUT2D eigenvalue weighted by Crippen LogP contribution is -2.50. The Bertz CT molecular complexity index is 1080. The van der Waals surface area contributed by atoms with Gasteiger partial charge in [0.1, 0.15) is 12.1 Å². The molecule has 1 saturated heterocycles. The number of benzene rings is 1. The van der Waals surface area contributed by atoms with Crippen molar-refractivity contribution in [3.63, 3.8) is 0 Å². The highest BCUT2D eigenvalue weighted by Crippen LogP contribution is 2.42. The number of ether oxygens (including phenoxy) is 1. The van der Waals surface area contributed by atoms with Gasteiger partial charge in [0.05, 0.1) is 23.8 Å². The van der Waals surface area contributed by atoms with Crippen LogP contribution in [0.2, 0.25) is 5.02 Å². The summed E-state index contributed by atoms with van der Waals surface area (Å²) in [7, 11) is 1.80. The molecule has 2 fully saturated rings. The number of amides is 1. The third-order valence-corrected chi connectivity index (χ3v) is 8.87. The van der Waals surface area contributed by atoms with Crippen molar-refractivity contribution in [1.82, 2.24) is 20.2 Å². The minimum absolute atomic E-state index is 0.175. The first-order chi connectivity index (χ1) is 18.4. The van der Waals surface area contributed by atoms with Gasteiger partial charge in [0.25, 0.3) is 0 Å². The largest absolute Gasteiger partial charge is 0.387 e.